The number of hydrogen-bond donors (Lipinski definition) is 1. The summed E-state index contributed by atoms with van der Waals surface area (Å²) >= 11 is 0. The molecule has 0 aliphatic heterocycles. The van der Waals surface area contributed by atoms with E-state index in [1.807, 2.05) is 30.3 Å². The van der Waals surface area contributed by atoms with Gasteiger partial charge in [-0.3, -0.25) is 4.79 Å². The summed E-state index contributed by atoms with van der Waals surface area (Å²) in [4.78, 5) is 13.4. The number of azide groups is 1. The van der Waals surface area contributed by atoms with E-state index in [1.54, 1.807) is 0 Å². The van der Waals surface area contributed by atoms with Crippen LogP contribution in [0.1, 0.15) is 5.56 Å². The highest BCUT2D eigenvalue weighted by atomic mass is 16.2. The first-order valence-corrected chi connectivity index (χ1v) is 4.12. The van der Waals surface area contributed by atoms with Crippen LogP contribution in [-0.4, -0.2) is 11.9 Å². The molecule has 0 aliphatic rings. The van der Waals surface area contributed by atoms with Crippen LogP contribution < -0.4 is 5.73 Å². The first-order valence-electron chi connectivity index (χ1n) is 4.12. The van der Waals surface area contributed by atoms with Crippen LogP contribution in [0.2, 0.25) is 0 Å². The molecule has 1 atom stereocenters. The number of nitrogens with two attached hydrogens (primary N) is 1. The Morgan fingerprint density at radius 1 is 1.50 bits per heavy atom. The predicted molar refractivity (Wildman–Crippen MR) is 52.3 cm³/mol. The highest BCUT2D eigenvalue weighted by Gasteiger charge is 2.11. The molecule has 0 aromatic heterocycles. The van der Waals surface area contributed by atoms with Crippen LogP contribution in [0.15, 0.2) is 35.4 Å². The molecule has 0 saturated heterocycles. The van der Waals surface area contributed by atoms with Crippen LogP contribution in [0, 0.1) is 0 Å². The van der Waals surface area contributed by atoms with Crippen LogP contribution in [0.4, 0.5) is 0 Å². The third-order valence-corrected chi connectivity index (χ3v) is 1.76. The molecule has 1 rings (SSSR count). The molecule has 72 valence electrons. The molecular weight excluding hydrogens is 180 g/mol. The number of carbonyl (C=O) groups excluding carboxylic acids is 1. The average Bonchev–Trinajstić information content (AvgIpc) is 2.19. The van der Waals surface area contributed by atoms with E-state index in [2.05, 4.69) is 10.0 Å². The van der Waals surface area contributed by atoms with E-state index in [0.29, 0.717) is 6.42 Å². The fraction of sp³-hybridized carbons (Fsp3) is 0.222. The quantitative estimate of drug-likeness (QED) is 0.443. The van der Waals surface area contributed by atoms with Gasteiger partial charge in [0.2, 0.25) is 5.91 Å². The SMILES string of the molecule is [N-]=[N+]=NC(=O)[C@@H](N)Cc1ccccc1. The molecule has 0 aliphatic carbocycles. The summed E-state index contributed by atoms with van der Waals surface area (Å²) in [6.45, 7) is 0. The molecule has 0 spiro atoms. The lowest BCUT2D eigenvalue weighted by Crippen LogP contribution is -2.30. The van der Waals surface area contributed by atoms with Crippen molar-refractivity contribution in [3.05, 3.63) is 46.3 Å². The molecule has 0 saturated carbocycles. The Hall–Kier alpha value is -1.84. The Balaban J connectivity index is 2.61. The maximum atomic E-state index is 11.0. The maximum absolute atomic E-state index is 11.0. The van der Waals surface area contributed by atoms with Gasteiger partial charge in [-0.25, -0.2) is 0 Å². The monoisotopic (exact) mass is 190 g/mol. The minimum absolute atomic E-state index is 0.388. The zero-order chi connectivity index (χ0) is 10.4. The Morgan fingerprint density at radius 2 is 2.14 bits per heavy atom. The van der Waals surface area contributed by atoms with E-state index in [0.717, 1.165) is 5.56 Å². The van der Waals surface area contributed by atoms with Crippen LogP contribution in [0.3, 0.4) is 0 Å². The summed E-state index contributed by atoms with van der Waals surface area (Å²) in [6, 6.07) is 8.57. The summed E-state index contributed by atoms with van der Waals surface area (Å²) < 4.78 is 0. The van der Waals surface area contributed by atoms with Gasteiger partial charge in [-0.15, -0.1) is 0 Å². The summed E-state index contributed by atoms with van der Waals surface area (Å²) in [6.07, 6.45) is 0.388. The fourth-order valence-corrected chi connectivity index (χ4v) is 1.07. The van der Waals surface area contributed by atoms with Crippen molar-refractivity contribution in [3.8, 4) is 0 Å². The van der Waals surface area contributed by atoms with Crippen molar-refractivity contribution in [2.24, 2.45) is 10.8 Å². The van der Waals surface area contributed by atoms with Gasteiger partial charge in [0.1, 0.15) is 0 Å². The number of amides is 1. The topological polar surface area (TPSA) is 91.9 Å². The molecule has 1 aromatic rings. The van der Waals surface area contributed by atoms with Crippen LogP contribution >= 0.6 is 0 Å². The van der Waals surface area contributed by atoms with Gasteiger partial charge >= 0.3 is 0 Å². The van der Waals surface area contributed by atoms with E-state index in [-0.39, 0.29) is 0 Å². The number of benzene rings is 1. The van der Waals surface area contributed by atoms with Crippen LogP contribution in [0.5, 0.6) is 0 Å². The molecule has 1 amide bonds. The molecule has 2 N–H and O–H groups in total. The summed E-state index contributed by atoms with van der Waals surface area (Å²) in [5, 5.41) is 2.94. The number of rotatable bonds is 3. The maximum Gasteiger partial charge on any atom is 0.235 e. The van der Waals surface area contributed by atoms with E-state index < -0.39 is 11.9 Å². The Bertz CT molecular complexity index is 356. The van der Waals surface area contributed by atoms with E-state index in [4.69, 9.17) is 11.3 Å². The molecule has 0 heterocycles. The zero-order valence-corrected chi connectivity index (χ0v) is 7.50. The van der Waals surface area contributed by atoms with Gasteiger partial charge < -0.3 is 5.73 Å². The first kappa shape index (κ1) is 10.2. The average molecular weight is 190 g/mol. The molecule has 1 aromatic carbocycles. The second-order valence-corrected chi connectivity index (χ2v) is 2.82. The molecule has 14 heavy (non-hydrogen) atoms. The summed E-state index contributed by atoms with van der Waals surface area (Å²) in [5.74, 6) is -0.628. The second kappa shape index (κ2) is 5.01. The van der Waals surface area contributed by atoms with Crippen molar-refractivity contribution in [3.63, 3.8) is 0 Å². The standard InChI is InChI=1S/C9H10N4O/c10-8(9(14)12-13-11)6-7-4-2-1-3-5-7/h1-5,8H,6,10H2/t8-/m0/s1. The van der Waals surface area contributed by atoms with Crippen molar-refractivity contribution >= 4 is 5.91 Å². The highest BCUT2D eigenvalue weighted by Crippen LogP contribution is 2.02. The van der Waals surface area contributed by atoms with Crippen molar-refractivity contribution in [2.75, 3.05) is 0 Å². The van der Waals surface area contributed by atoms with Crippen molar-refractivity contribution < 1.29 is 4.79 Å². The Kier molecular flexibility index (Phi) is 3.67. The Morgan fingerprint density at radius 3 is 2.71 bits per heavy atom. The molecule has 0 bridgehead atoms. The number of hydrogen-bond acceptors (Lipinski definition) is 2. The minimum atomic E-state index is -0.756. The van der Waals surface area contributed by atoms with Gasteiger partial charge in [-0.2, -0.15) is 0 Å². The first-order chi connectivity index (χ1) is 6.74. The van der Waals surface area contributed by atoms with E-state index in [1.165, 1.54) is 0 Å². The van der Waals surface area contributed by atoms with Crippen LogP contribution in [-0.2, 0) is 11.2 Å². The summed E-state index contributed by atoms with van der Waals surface area (Å²) in [5.41, 5.74) is 14.5. The largest absolute Gasteiger partial charge is 0.321 e. The lowest BCUT2D eigenvalue weighted by atomic mass is 10.1. The zero-order valence-electron chi connectivity index (χ0n) is 7.50. The lowest BCUT2D eigenvalue weighted by Gasteiger charge is -2.06. The third-order valence-electron chi connectivity index (χ3n) is 1.76. The molecule has 5 nitrogen and oxygen atoms in total. The Labute approximate surface area is 81.2 Å². The van der Waals surface area contributed by atoms with Gasteiger partial charge in [0.15, 0.2) is 0 Å². The van der Waals surface area contributed by atoms with Gasteiger partial charge in [0.05, 0.1) is 6.04 Å². The summed E-state index contributed by atoms with van der Waals surface area (Å²) in [7, 11) is 0. The van der Waals surface area contributed by atoms with Crippen LogP contribution in [0.25, 0.3) is 10.4 Å². The minimum Gasteiger partial charge on any atom is -0.321 e. The van der Waals surface area contributed by atoms with Crippen molar-refractivity contribution in [2.45, 2.75) is 12.5 Å². The molecule has 0 fully saturated rings. The smallest absolute Gasteiger partial charge is 0.235 e. The van der Waals surface area contributed by atoms with E-state index in [9.17, 15) is 4.79 Å². The third kappa shape index (κ3) is 2.90. The molecule has 0 radical (unpaired) electrons. The highest BCUT2D eigenvalue weighted by molar-refractivity contribution is 5.82. The second-order valence-electron chi connectivity index (χ2n) is 2.82. The number of carbonyl (C=O) groups is 1. The molecular formula is C9H10N4O. The van der Waals surface area contributed by atoms with Gasteiger partial charge in [-0.05, 0) is 22.6 Å². The van der Waals surface area contributed by atoms with Gasteiger partial charge in [0, 0.05) is 4.91 Å². The van der Waals surface area contributed by atoms with E-state index >= 15 is 0 Å². The van der Waals surface area contributed by atoms with Gasteiger partial charge in [-0.1, -0.05) is 30.3 Å². The lowest BCUT2D eigenvalue weighted by molar-refractivity contribution is -0.119. The van der Waals surface area contributed by atoms with Crippen molar-refractivity contribution in [1.29, 1.82) is 0 Å². The fourth-order valence-electron chi connectivity index (χ4n) is 1.07. The predicted octanol–water partition coefficient (Wildman–Crippen LogP) is 1.39. The molecule has 0 unspecified atom stereocenters. The van der Waals surface area contributed by atoms with Gasteiger partial charge in [0.25, 0.3) is 0 Å². The number of nitrogens with zero attached hydrogens (tertiary/aromatic N) is 3. The molecule has 5 heteroatoms. The van der Waals surface area contributed by atoms with Crippen molar-refractivity contribution in [1.82, 2.24) is 0 Å². The normalized spacial score (nSPS) is 11.5.